The van der Waals surface area contributed by atoms with E-state index in [0.717, 1.165) is 11.1 Å². The van der Waals surface area contributed by atoms with Gasteiger partial charge in [-0.05, 0) is 17.5 Å². The molecule has 0 amide bonds. The summed E-state index contributed by atoms with van der Waals surface area (Å²) in [5.41, 5.74) is 7.42. The Balaban J connectivity index is 1.77. The summed E-state index contributed by atoms with van der Waals surface area (Å²) in [5, 5.41) is 0. The topological polar surface area (TPSA) is 78.6 Å². The fourth-order valence-electron chi connectivity index (χ4n) is 1.86. The second-order valence-corrected chi connectivity index (χ2v) is 4.74. The van der Waals surface area contributed by atoms with E-state index in [0.29, 0.717) is 6.42 Å². The van der Waals surface area contributed by atoms with Crippen LogP contribution in [0.5, 0.6) is 0 Å². The van der Waals surface area contributed by atoms with Gasteiger partial charge in [-0.1, -0.05) is 60.7 Å². The lowest BCUT2D eigenvalue weighted by Gasteiger charge is -2.10. The van der Waals surface area contributed by atoms with Gasteiger partial charge >= 0.3 is 12.1 Å². The summed E-state index contributed by atoms with van der Waals surface area (Å²) in [4.78, 5) is 23.2. The van der Waals surface area contributed by atoms with Crippen LogP contribution in [0.3, 0.4) is 0 Å². The molecule has 114 valence electrons. The van der Waals surface area contributed by atoms with Crippen molar-refractivity contribution >= 4 is 12.1 Å². The molecule has 5 heteroatoms. The van der Waals surface area contributed by atoms with Crippen molar-refractivity contribution in [2.75, 3.05) is 0 Å². The molecular weight excluding hydrogens is 282 g/mol. The Kier molecular flexibility index (Phi) is 5.68. The summed E-state index contributed by atoms with van der Waals surface area (Å²) in [5.74, 6) is -0.804. The number of carbonyl (C=O) groups excluding carboxylic acids is 2. The first kappa shape index (κ1) is 15.7. The van der Waals surface area contributed by atoms with Crippen molar-refractivity contribution in [3.63, 3.8) is 0 Å². The maximum atomic E-state index is 11.7. The maximum absolute atomic E-state index is 11.7. The lowest BCUT2D eigenvalue weighted by Crippen LogP contribution is -2.35. The van der Waals surface area contributed by atoms with Crippen LogP contribution in [-0.2, 0) is 27.3 Å². The maximum Gasteiger partial charge on any atom is 0.516 e. The van der Waals surface area contributed by atoms with E-state index in [1.54, 1.807) is 12.1 Å². The second kappa shape index (κ2) is 7.95. The highest BCUT2D eigenvalue weighted by Crippen LogP contribution is 2.05. The van der Waals surface area contributed by atoms with Crippen LogP contribution >= 0.6 is 0 Å². The third-order valence-corrected chi connectivity index (χ3v) is 2.98. The number of ether oxygens (including phenoxy) is 2. The highest BCUT2D eigenvalue weighted by atomic mass is 16.7. The number of rotatable bonds is 5. The van der Waals surface area contributed by atoms with Gasteiger partial charge in [-0.3, -0.25) is 0 Å². The van der Waals surface area contributed by atoms with Crippen molar-refractivity contribution in [2.45, 2.75) is 19.1 Å². The molecule has 5 nitrogen and oxygen atoms in total. The molecule has 0 unspecified atom stereocenters. The summed E-state index contributed by atoms with van der Waals surface area (Å²) in [7, 11) is 0. The molecule has 2 aromatic rings. The van der Waals surface area contributed by atoms with Crippen LogP contribution in [0.4, 0.5) is 4.79 Å². The Morgan fingerprint density at radius 2 is 1.45 bits per heavy atom. The largest absolute Gasteiger partial charge is 0.516 e. The Hall–Kier alpha value is -2.66. The molecule has 0 fully saturated rings. The van der Waals surface area contributed by atoms with E-state index in [1.165, 1.54) is 0 Å². The summed E-state index contributed by atoms with van der Waals surface area (Å²) >= 11 is 0. The number of esters is 1. The van der Waals surface area contributed by atoms with Crippen molar-refractivity contribution < 1.29 is 19.1 Å². The third-order valence-electron chi connectivity index (χ3n) is 2.98. The molecule has 0 aliphatic rings. The lowest BCUT2D eigenvalue weighted by atomic mass is 10.1. The number of hydrogen-bond acceptors (Lipinski definition) is 5. The number of carbonyl (C=O) groups is 2. The standard InChI is InChI=1S/C17H17NO4/c18-15(11-13-7-3-1-4-8-13)16(19)22-17(20)21-12-14-9-5-2-6-10-14/h1-10,15H,11-12,18H2/t15-/m0/s1. The van der Waals surface area contributed by atoms with Crippen molar-refractivity contribution in [3.05, 3.63) is 71.8 Å². The van der Waals surface area contributed by atoms with Crippen molar-refractivity contribution in [2.24, 2.45) is 5.73 Å². The first-order chi connectivity index (χ1) is 10.6. The minimum atomic E-state index is -1.04. The fraction of sp³-hybridized carbons (Fsp3) is 0.176. The molecule has 0 heterocycles. The molecule has 2 N–H and O–H groups in total. The first-order valence-corrected chi connectivity index (χ1v) is 6.87. The number of benzene rings is 2. The van der Waals surface area contributed by atoms with Gasteiger partial charge in [-0.25, -0.2) is 9.59 Å². The van der Waals surface area contributed by atoms with Gasteiger partial charge in [0.1, 0.15) is 12.6 Å². The molecule has 2 rings (SSSR count). The molecule has 0 saturated heterocycles. The molecule has 2 aromatic carbocycles. The summed E-state index contributed by atoms with van der Waals surface area (Å²) in [6, 6.07) is 17.5. The number of hydrogen-bond donors (Lipinski definition) is 1. The Labute approximate surface area is 128 Å². The van der Waals surface area contributed by atoms with Crippen LogP contribution in [0, 0.1) is 0 Å². The SMILES string of the molecule is N[C@@H](Cc1ccccc1)C(=O)OC(=O)OCc1ccccc1. The average Bonchev–Trinajstić information content (AvgIpc) is 2.55. The Morgan fingerprint density at radius 1 is 0.909 bits per heavy atom. The predicted molar refractivity (Wildman–Crippen MR) is 80.8 cm³/mol. The van der Waals surface area contributed by atoms with Crippen molar-refractivity contribution in [1.82, 2.24) is 0 Å². The minimum absolute atomic E-state index is 0.0425. The van der Waals surface area contributed by atoms with Crippen LogP contribution in [-0.4, -0.2) is 18.2 Å². The molecule has 1 atom stereocenters. The van der Waals surface area contributed by atoms with Crippen molar-refractivity contribution in [1.29, 1.82) is 0 Å². The van der Waals surface area contributed by atoms with E-state index in [9.17, 15) is 9.59 Å². The zero-order valence-corrected chi connectivity index (χ0v) is 12.0. The van der Waals surface area contributed by atoms with Gasteiger partial charge in [0.15, 0.2) is 0 Å². The van der Waals surface area contributed by atoms with E-state index in [-0.39, 0.29) is 6.61 Å². The highest BCUT2D eigenvalue weighted by Gasteiger charge is 2.20. The van der Waals surface area contributed by atoms with Crippen LogP contribution in [0.25, 0.3) is 0 Å². The molecule has 0 radical (unpaired) electrons. The van der Waals surface area contributed by atoms with E-state index < -0.39 is 18.2 Å². The van der Waals surface area contributed by atoms with E-state index in [4.69, 9.17) is 10.5 Å². The van der Waals surface area contributed by atoms with Gasteiger partial charge in [-0.15, -0.1) is 0 Å². The number of nitrogens with two attached hydrogens (primary N) is 1. The van der Waals surface area contributed by atoms with Crippen LogP contribution < -0.4 is 5.73 Å². The fourth-order valence-corrected chi connectivity index (χ4v) is 1.86. The van der Waals surface area contributed by atoms with Gasteiger partial charge in [0, 0.05) is 0 Å². The van der Waals surface area contributed by atoms with Gasteiger partial charge in [0.2, 0.25) is 0 Å². The third kappa shape index (κ3) is 5.03. The normalized spacial score (nSPS) is 11.5. The zero-order chi connectivity index (χ0) is 15.8. The van der Waals surface area contributed by atoms with Crippen molar-refractivity contribution in [3.8, 4) is 0 Å². The first-order valence-electron chi connectivity index (χ1n) is 6.87. The smallest absolute Gasteiger partial charge is 0.429 e. The second-order valence-electron chi connectivity index (χ2n) is 4.74. The Bertz CT molecular complexity index is 613. The van der Waals surface area contributed by atoms with Gasteiger partial charge in [0.25, 0.3) is 0 Å². The zero-order valence-electron chi connectivity index (χ0n) is 12.0. The highest BCUT2D eigenvalue weighted by molar-refractivity contribution is 5.85. The predicted octanol–water partition coefficient (Wildman–Crippen LogP) is 2.44. The summed E-state index contributed by atoms with van der Waals surface area (Å²) in [6.45, 7) is 0.0425. The summed E-state index contributed by atoms with van der Waals surface area (Å²) < 4.78 is 9.44. The molecule has 0 bridgehead atoms. The van der Waals surface area contributed by atoms with E-state index >= 15 is 0 Å². The molecule has 0 aromatic heterocycles. The molecular formula is C17H17NO4. The van der Waals surface area contributed by atoms with Crippen LogP contribution in [0.2, 0.25) is 0 Å². The minimum Gasteiger partial charge on any atom is -0.429 e. The molecule has 22 heavy (non-hydrogen) atoms. The summed E-state index contributed by atoms with van der Waals surface area (Å²) in [6.07, 6.45) is -0.747. The van der Waals surface area contributed by atoms with Gasteiger partial charge in [0.05, 0.1) is 0 Å². The molecule has 0 aliphatic heterocycles. The van der Waals surface area contributed by atoms with Gasteiger partial charge < -0.3 is 15.2 Å². The monoisotopic (exact) mass is 299 g/mol. The van der Waals surface area contributed by atoms with E-state index in [2.05, 4.69) is 4.74 Å². The molecule has 0 spiro atoms. The molecule has 0 aliphatic carbocycles. The quantitative estimate of drug-likeness (QED) is 0.677. The lowest BCUT2D eigenvalue weighted by molar-refractivity contribution is -0.141. The van der Waals surface area contributed by atoms with E-state index in [1.807, 2.05) is 48.5 Å². The Morgan fingerprint density at radius 3 is 2.05 bits per heavy atom. The molecule has 0 saturated carbocycles. The van der Waals surface area contributed by atoms with Gasteiger partial charge in [-0.2, -0.15) is 0 Å². The van der Waals surface area contributed by atoms with Crippen LogP contribution in [0.1, 0.15) is 11.1 Å². The van der Waals surface area contributed by atoms with Crippen LogP contribution in [0.15, 0.2) is 60.7 Å². The average molecular weight is 299 g/mol.